The molecular weight excluding hydrogens is 468 g/mol. The number of carbonyl (C=O) groups excluding carboxylic acids is 2. The summed E-state index contributed by atoms with van der Waals surface area (Å²) in [4.78, 5) is 27.3. The highest BCUT2D eigenvalue weighted by Gasteiger charge is 2.47. The average molecular weight is 486 g/mol. The van der Waals surface area contributed by atoms with Gasteiger partial charge in [-0.1, -0.05) is 35.3 Å². The normalized spacial score (nSPS) is 17.5. The number of ketones is 1. The summed E-state index contributed by atoms with van der Waals surface area (Å²) in [5.74, 6) is -2.15. The van der Waals surface area contributed by atoms with Crippen molar-refractivity contribution in [3.05, 3.63) is 99.3 Å². The Balaban J connectivity index is 1.91. The fourth-order valence-corrected chi connectivity index (χ4v) is 4.06. The van der Waals surface area contributed by atoms with Crippen LogP contribution in [0.4, 0.5) is 10.1 Å². The van der Waals surface area contributed by atoms with Crippen LogP contribution >= 0.6 is 23.2 Å². The Morgan fingerprint density at radius 3 is 2.39 bits per heavy atom. The minimum atomic E-state index is -1.05. The molecule has 3 aromatic carbocycles. The Morgan fingerprint density at radius 1 is 1.03 bits per heavy atom. The van der Waals surface area contributed by atoms with Gasteiger partial charge in [0.05, 0.1) is 28.3 Å². The molecule has 0 aliphatic carbocycles. The van der Waals surface area contributed by atoms with Crippen LogP contribution in [-0.4, -0.2) is 23.4 Å². The molecule has 0 radical (unpaired) electrons. The fourth-order valence-electron chi connectivity index (χ4n) is 3.75. The molecule has 1 atom stereocenters. The quantitative estimate of drug-likeness (QED) is 0.267. The Labute approximate surface area is 199 Å². The van der Waals surface area contributed by atoms with Crippen molar-refractivity contribution < 1.29 is 23.8 Å². The van der Waals surface area contributed by atoms with Crippen LogP contribution in [0.3, 0.4) is 0 Å². The molecule has 1 unspecified atom stereocenters. The highest BCUT2D eigenvalue weighted by molar-refractivity contribution is 6.51. The van der Waals surface area contributed by atoms with E-state index in [4.69, 9.17) is 27.9 Å². The number of amides is 1. The molecule has 1 fully saturated rings. The van der Waals surface area contributed by atoms with Crippen LogP contribution in [0.15, 0.2) is 72.3 Å². The van der Waals surface area contributed by atoms with Gasteiger partial charge in [0, 0.05) is 11.3 Å². The third kappa shape index (κ3) is 4.32. The Morgan fingerprint density at radius 2 is 1.76 bits per heavy atom. The molecule has 33 heavy (non-hydrogen) atoms. The molecule has 3 aromatic rings. The van der Waals surface area contributed by atoms with Crippen LogP contribution in [0, 0.1) is 5.82 Å². The van der Waals surface area contributed by atoms with Crippen molar-refractivity contribution >= 4 is 46.3 Å². The van der Waals surface area contributed by atoms with E-state index in [2.05, 4.69) is 0 Å². The number of aliphatic hydroxyl groups is 1. The van der Waals surface area contributed by atoms with E-state index in [9.17, 15) is 19.1 Å². The zero-order valence-electron chi connectivity index (χ0n) is 17.4. The molecule has 0 saturated carbocycles. The van der Waals surface area contributed by atoms with E-state index < -0.39 is 23.5 Å². The molecule has 1 aliphatic heterocycles. The lowest BCUT2D eigenvalue weighted by atomic mass is 9.95. The van der Waals surface area contributed by atoms with E-state index in [1.807, 2.05) is 6.92 Å². The zero-order chi connectivity index (χ0) is 23.7. The van der Waals surface area contributed by atoms with Gasteiger partial charge in [0.2, 0.25) is 0 Å². The second-order valence-corrected chi connectivity index (χ2v) is 8.09. The second kappa shape index (κ2) is 9.25. The number of aliphatic hydroxyl groups excluding tert-OH is 1. The summed E-state index contributed by atoms with van der Waals surface area (Å²) in [6.45, 7) is 2.32. The first-order chi connectivity index (χ1) is 15.8. The molecule has 1 aliphatic rings. The molecule has 0 bridgehead atoms. The summed E-state index contributed by atoms with van der Waals surface area (Å²) in [6, 6.07) is 15.4. The molecular formula is C25H18Cl2FNO4. The van der Waals surface area contributed by atoms with Gasteiger partial charge in [-0.3, -0.25) is 14.5 Å². The van der Waals surface area contributed by atoms with Gasteiger partial charge in [-0.2, -0.15) is 0 Å². The van der Waals surface area contributed by atoms with E-state index >= 15 is 0 Å². The highest BCUT2D eigenvalue weighted by Crippen LogP contribution is 2.43. The van der Waals surface area contributed by atoms with Gasteiger partial charge in [0.1, 0.15) is 17.3 Å². The van der Waals surface area contributed by atoms with Crippen LogP contribution < -0.4 is 9.64 Å². The maximum absolute atomic E-state index is 14.0. The van der Waals surface area contributed by atoms with Gasteiger partial charge in [0.25, 0.3) is 11.7 Å². The minimum Gasteiger partial charge on any atom is -0.507 e. The second-order valence-electron chi connectivity index (χ2n) is 7.28. The standard InChI is InChI=1S/C25H18Cl2FNO4/c1-2-33-18-9-6-14(7-10-18)23(30)21-22(15-8-11-19(26)20(27)12-15)29(25(32)24(21)31)17-5-3-4-16(28)13-17/h3-13,22,30H,2H2,1H3/b23-21-. The van der Waals surface area contributed by atoms with Gasteiger partial charge in [-0.15, -0.1) is 0 Å². The highest BCUT2D eigenvalue weighted by atomic mass is 35.5. The van der Waals surface area contributed by atoms with E-state index in [1.165, 1.54) is 30.3 Å². The number of hydrogen-bond donors (Lipinski definition) is 1. The lowest BCUT2D eigenvalue weighted by Gasteiger charge is -2.25. The maximum atomic E-state index is 14.0. The van der Waals surface area contributed by atoms with Gasteiger partial charge >= 0.3 is 0 Å². The van der Waals surface area contributed by atoms with Crippen molar-refractivity contribution in [1.82, 2.24) is 0 Å². The van der Waals surface area contributed by atoms with Crippen LogP contribution in [0.5, 0.6) is 5.75 Å². The fraction of sp³-hybridized carbons (Fsp3) is 0.120. The average Bonchev–Trinajstić information content (AvgIpc) is 3.06. The number of anilines is 1. The molecule has 1 amide bonds. The van der Waals surface area contributed by atoms with E-state index in [-0.39, 0.29) is 27.1 Å². The number of carbonyl (C=O) groups is 2. The van der Waals surface area contributed by atoms with Crippen molar-refractivity contribution in [2.24, 2.45) is 0 Å². The maximum Gasteiger partial charge on any atom is 0.300 e. The summed E-state index contributed by atoms with van der Waals surface area (Å²) in [5, 5.41) is 11.6. The Hall–Kier alpha value is -3.35. The molecule has 1 saturated heterocycles. The number of ether oxygens (including phenoxy) is 1. The summed E-state index contributed by atoms with van der Waals surface area (Å²) in [6.07, 6.45) is 0. The largest absolute Gasteiger partial charge is 0.507 e. The number of halogens is 3. The molecule has 1 N–H and O–H groups in total. The zero-order valence-corrected chi connectivity index (χ0v) is 18.9. The third-order valence-electron chi connectivity index (χ3n) is 5.23. The van der Waals surface area contributed by atoms with Gasteiger partial charge in [-0.25, -0.2) is 4.39 Å². The number of Topliss-reactive ketones (excluding diaryl/α,β-unsaturated/α-hetero) is 1. The predicted octanol–water partition coefficient (Wildman–Crippen LogP) is 6.16. The number of hydrogen-bond acceptors (Lipinski definition) is 4. The summed E-state index contributed by atoms with van der Waals surface area (Å²) in [5.41, 5.74) is 0.770. The van der Waals surface area contributed by atoms with Crippen molar-refractivity contribution in [2.45, 2.75) is 13.0 Å². The van der Waals surface area contributed by atoms with Crippen molar-refractivity contribution in [2.75, 3.05) is 11.5 Å². The van der Waals surface area contributed by atoms with Gasteiger partial charge < -0.3 is 9.84 Å². The van der Waals surface area contributed by atoms with Crippen LogP contribution in [-0.2, 0) is 9.59 Å². The van der Waals surface area contributed by atoms with Gasteiger partial charge in [-0.05, 0) is 67.1 Å². The molecule has 1 heterocycles. The predicted molar refractivity (Wildman–Crippen MR) is 125 cm³/mol. The summed E-state index contributed by atoms with van der Waals surface area (Å²) in [7, 11) is 0. The molecule has 4 rings (SSSR count). The first-order valence-electron chi connectivity index (χ1n) is 10.1. The number of rotatable bonds is 5. The smallest absolute Gasteiger partial charge is 0.300 e. The lowest BCUT2D eigenvalue weighted by Crippen LogP contribution is -2.29. The topological polar surface area (TPSA) is 66.8 Å². The number of nitrogens with zero attached hydrogens (tertiary/aromatic N) is 1. The molecule has 8 heteroatoms. The van der Waals surface area contributed by atoms with Crippen molar-refractivity contribution in [3.8, 4) is 5.75 Å². The van der Waals surface area contributed by atoms with E-state index in [0.717, 1.165) is 11.0 Å². The molecule has 0 spiro atoms. The molecule has 168 valence electrons. The summed E-state index contributed by atoms with van der Waals surface area (Å²) < 4.78 is 19.4. The Kier molecular flexibility index (Phi) is 6.40. The lowest BCUT2D eigenvalue weighted by molar-refractivity contribution is -0.132. The van der Waals surface area contributed by atoms with Gasteiger partial charge in [0.15, 0.2) is 0 Å². The van der Waals surface area contributed by atoms with Crippen LogP contribution in [0.25, 0.3) is 5.76 Å². The first kappa shape index (κ1) is 22.8. The monoisotopic (exact) mass is 485 g/mol. The third-order valence-corrected chi connectivity index (χ3v) is 5.97. The summed E-state index contributed by atoms with van der Waals surface area (Å²) >= 11 is 12.3. The van der Waals surface area contributed by atoms with Crippen molar-refractivity contribution in [1.29, 1.82) is 0 Å². The van der Waals surface area contributed by atoms with E-state index in [0.29, 0.717) is 23.5 Å². The Bertz CT molecular complexity index is 1270. The van der Waals surface area contributed by atoms with E-state index in [1.54, 1.807) is 30.3 Å². The first-order valence-corrected chi connectivity index (χ1v) is 10.8. The van der Waals surface area contributed by atoms with Crippen LogP contribution in [0.1, 0.15) is 24.1 Å². The molecule has 5 nitrogen and oxygen atoms in total. The minimum absolute atomic E-state index is 0.146. The number of benzene rings is 3. The van der Waals surface area contributed by atoms with Crippen molar-refractivity contribution in [3.63, 3.8) is 0 Å². The SMILES string of the molecule is CCOc1ccc(/C(O)=C2/C(=O)C(=O)N(c3cccc(F)c3)C2c2ccc(Cl)c(Cl)c2)cc1. The van der Waals surface area contributed by atoms with Crippen LogP contribution in [0.2, 0.25) is 10.0 Å². The molecule has 0 aromatic heterocycles.